The third kappa shape index (κ3) is 4.74. The van der Waals surface area contributed by atoms with E-state index in [-0.39, 0.29) is 30.7 Å². The minimum Gasteiger partial charge on any atom is -0.497 e. The molecule has 2 heterocycles. The number of rotatable bonds is 6. The number of nitrogens with zero attached hydrogens (tertiary/aromatic N) is 2. The van der Waals surface area contributed by atoms with Gasteiger partial charge in [0.2, 0.25) is 11.8 Å². The summed E-state index contributed by atoms with van der Waals surface area (Å²) in [6.45, 7) is 4.09. The molecule has 0 unspecified atom stereocenters. The summed E-state index contributed by atoms with van der Waals surface area (Å²) in [5.74, 6) is -0.508. The molecule has 3 amide bonds. The van der Waals surface area contributed by atoms with Gasteiger partial charge in [0, 0.05) is 47.4 Å². The first-order chi connectivity index (χ1) is 15.9. The number of ether oxygens (including phenoxy) is 1. The molecule has 170 valence electrons. The Morgan fingerprint density at radius 1 is 1.00 bits per heavy atom. The molecule has 1 saturated heterocycles. The lowest BCUT2D eigenvalue weighted by atomic mass is 10.1. The van der Waals surface area contributed by atoms with E-state index in [1.54, 1.807) is 53.1 Å². The molecule has 3 aromatic rings. The van der Waals surface area contributed by atoms with Gasteiger partial charge in [-0.3, -0.25) is 24.5 Å². The molecule has 0 aliphatic carbocycles. The van der Waals surface area contributed by atoms with E-state index >= 15 is 0 Å². The summed E-state index contributed by atoms with van der Waals surface area (Å²) in [6, 6.07) is 17.8. The van der Waals surface area contributed by atoms with Crippen molar-refractivity contribution in [1.82, 2.24) is 4.68 Å². The first-order valence-corrected chi connectivity index (χ1v) is 10.7. The average Bonchev–Trinajstić information content (AvgIpc) is 3.36. The molecule has 4 rings (SSSR count). The van der Waals surface area contributed by atoms with Crippen LogP contribution in [0.25, 0.3) is 0 Å². The number of carbonyl (C=O) groups is 3. The summed E-state index contributed by atoms with van der Waals surface area (Å²) in [5, 5.41) is 2.85. The molecule has 8 nitrogen and oxygen atoms in total. The molecule has 0 radical (unpaired) electrons. The Labute approximate surface area is 192 Å². The maximum Gasteiger partial charge on any atom is 0.270 e. The lowest BCUT2D eigenvalue weighted by Gasteiger charge is -2.17. The number of aryl methyl sites for hydroxylation is 2. The highest BCUT2D eigenvalue weighted by atomic mass is 16.5. The molecule has 1 aromatic heterocycles. The Kier molecular flexibility index (Phi) is 6.17. The molecular weight excluding hydrogens is 420 g/mol. The summed E-state index contributed by atoms with van der Waals surface area (Å²) in [4.78, 5) is 39.7. The molecule has 1 aliphatic rings. The molecule has 1 atom stereocenters. The van der Waals surface area contributed by atoms with Gasteiger partial charge in [0.1, 0.15) is 5.75 Å². The van der Waals surface area contributed by atoms with Crippen LogP contribution in [0.4, 0.5) is 11.4 Å². The Hall–Kier alpha value is -4.07. The van der Waals surface area contributed by atoms with E-state index < -0.39 is 5.92 Å². The van der Waals surface area contributed by atoms with E-state index in [2.05, 4.69) is 10.7 Å². The molecule has 1 fully saturated rings. The lowest BCUT2D eigenvalue weighted by molar-refractivity contribution is -0.122. The number of hydrogen-bond acceptors (Lipinski definition) is 4. The minimum atomic E-state index is -0.494. The van der Waals surface area contributed by atoms with Crippen molar-refractivity contribution in [3.63, 3.8) is 0 Å². The zero-order chi connectivity index (χ0) is 23.5. The van der Waals surface area contributed by atoms with Crippen molar-refractivity contribution in [1.29, 1.82) is 0 Å². The van der Waals surface area contributed by atoms with Gasteiger partial charge in [-0.2, -0.15) is 0 Å². The average molecular weight is 447 g/mol. The zero-order valence-corrected chi connectivity index (χ0v) is 18.8. The monoisotopic (exact) mass is 446 g/mol. The molecule has 0 bridgehead atoms. The Morgan fingerprint density at radius 2 is 1.73 bits per heavy atom. The van der Waals surface area contributed by atoms with Crippen LogP contribution >= 0.6 is 0 Å². The fourth-order valence-corrected chi connectivity index (χ4v) is 3.90. The fourth-order valence-electron chi connectivity index (χ4n) is 3.90. The fraction of sp³-hybridized carbons (Fsp3) is 0.240. The van der Waals surface area contributed by atoms with Crippen LogP contribution in [0.2, 0.25) is 0 Å². The van der Waals surface area contributed by atoms with Crippen molar-refractivity contribution < 1.29 is 19.1 Å². The largest absolute Gasteiger partial charge is 0.497 e. The number of methoxy groups -OCH3 is 1. The predicted molar refractivity (Wildman–Crippen MR) is 126 cm³/mol. The van der Waals surface area contributed by atoms with Crippen molar-refractivity contribution in [3.8, 4) is 5.75 Å². The topological polar surface area (TPSA) is 92.7 Å². The molecule has 0 spiro atoms. The molecule has 0 saturated carbocycles. The number of carbonyl (C=O) groups excluding carboxylic acids is 3. The number of hydrogen-bond donors (Lipinski definition) is 2. The highest BCUT2D eigenvalue weighted by molar-refractivity contribution is 6.05. The standard InChI is InChI=1S/C25H26N4O4/c1-16-10-11-17(2)29(16)27-25(32)18-6-4-7-20(12-18)26-24(31)19-13-23(30)28(15-19)21-8-5-9-22(14-21)33-3/h4-12,14,19H,13,15H2,1-3H3,(H,26,31)(H,27,32)/t19-/m1/s1. The van der Waals surface area contributed by atoms with E-state index in [0.717, 1.165) is 11.4 Å². The molecule has 1 aliphatic heterocycles. The molecule has 2 aromatic carbocycles. The van der Waals surface area contributed by atoms with Gasteiger partial charge in [-0.1, -0.05) is 12.1 Å². The van der Waals surface area contributed by atoms with Gasteiger partial charge in [-0.25, -0.2) is 0 Å². The number of benzene rings is 2. The van der Waals surface area contributed by atoms with Gasteiger partial charge >= 0.3 is 0 Å². The molecular formula is C25H26N4O4. The Balaban J connectivity index is 1.42. The van der Waals surface area contributed by atoms with Crippen molar-refractivity contribution in [2.75, 3.05) is 29.3 Å². The van der Waals surface area contributed by atoms with Gasteiger partial charge in [0.05, 0.1) is 13.0 Å². The quantitative estimate of drug-likeness (QED) is 0.606. The van der Waals surface area contributed by atoms with E-state index in [9.17, 15) is 14.4 Å². The van der Waals surface area contributed by atoms with Gasteiger partial charge < -0.3 is 15.0 Å². The zero-order valence-electron chi connectivity index (χ0n) is 18.8. The molecule has 33 heavy (non-hydrogen) atoms. The SMILES string of the molecule is COc1cccc(N2C[C@H](C(=O)Nc3cccc(C(=O)Nn4c(C)ccc4C)c3)CC2=O)c1. The second kappa shape index (κ2) is 9.20. The Bertz CT molecular complexity index is 1200. The summed E-state index contributed by atoms with van der Waals surface area (Å²) < 4.78 is 6.94. The first-order valence-electron chi connectivity index (χ1n) is 10.7. The number of amides is 3. The van der Waals surface area contributed by atoms with Crippen molar-refractivity contribution in [2.24, 2.45) is 5.92 Å². The highest BCUT2D eigenvalue weighted by Gasteiger charge is 2.35. The van der Waals surface area contributed by atoms with Crippen molar-refractivity contribution in [2.45, 2.75) is 20.3 Å². The predicted octanol–water partition coefficient (Wildman–Crippen LogP) is 3.49. The Morgan fingerprint density at radius 3 is 2.45 bits per heavy atom. The van der Waals surface area contributed by atoms with Gasteiger partial charge in [-0.15, -0.1) is 0 Å². The number of aromatic nitrogens is 1. The minimum absolute atomic E-state index is 0.117. The smallest absolute Gasteiger partial charge is 0.270 e. The highest BCUT2D eigenvalue weighted by Crippen LogP contribution is 2.28. The van der Waals surface area contributed by atoms with Crippen LogP contribution in [0.5, 0.6) is 5.75 Å². The van der Waals surface area contributed by atoms with E-state index in [1.165, 1.54) is 0 Å². The summed E-state index contributed by atoms with van der Waals surface area (Å²) >= 11 is 0. The van der Waals surface area contributed by atoms with Crippen LogP contribution in [0.3, 0.4) is 0 Å². The summed E-state index contributed by atoms with van der Waals surface area (Å²) in [6.07, 6.45) is 0.120. The van der Waals surface area contributed by atoms with E-state index in [1.807, 2.05) is 38.1 Å². The maximum atomic E-state index is 12.9. The lowest BCUT2D eigenvalue weighted by Crippen LogP contribution is -2.28. The van der Waals surface area contributed by atoms with Crippen LogP contribution in [-0.2, 0) is 9.59 Å². The van der Waals surface area contributed by atoms with Crippen LogP contribution in [0, 0.1) is 19.8 Å². The second-order valence-corrected chi connectivity index (χ2v) is 8.07. The van der Waals surface area contributed by atoms with Crippen LogP contribution in [0.15, 0.2) is 60.7 Å². The molecule has 2 N–H and O–H groups in total. The number of anilines is 2. The first kappa shape index (κ1) is 22.1. The molecule has 8 heteroatoms. The maximum absolute atomic E-state index is 12.9. The van der Waals surface area contributed by atoms with Crippen LogP contribution < -0.4 is 20.4 Å². The van der Waals surface area contributed by atoms with Crippen molar-refractivity contribution in [3.05, 3.63) is 77.6 Å². The third-order valence-corrected chi connectivity index (χ3v) is 5.74. The van der Waals surface area contributed by atoms with Gasteiger partial charge in [0.25, 0.3) is 5.91 Å². The number of nitrogens with one attached hydrogen (secondary N) is 2. The summed E-state index contributed by atoms with van der Waals surface area (Å²) in [7, 11) is 1.57. The van der Waals surface area contributed by atoms with Crippen molar-refractivity contribution >= 4 is 29.1 Å². The van der Waals surface area contributed by atoms with Crippen LogP contribution in [0.1, 0.15) is 28.2 Å². The van der Waals surface area contributed by atoms with Gasteiger partial charge in [-0.05, 0) is 56.3 Å². The second-order valence-electron chi connectivity index (χ2n) is 8.07. The van der Waals surface area contributed by atoms with Gasteiger partial charge in [0.15, 0.2) is 0 Å². The normalized spacial score (nSPS) is 15.4. The van der Waals surface area contributed by atoms with E-state index in [4.69, 9.17) is 4.74 Å². The summed E-state index contributed by atoms with van der Waals surface area (Å²) in [5.41, 5.74) is 6.30. The third-order valence-electron chi connectivity index (χ3n) is 5.74. The van der Waals surface area contributed by atoms with Crippen LogP contribution in [-0.4, -0.2) is 36.1 Å². The van der Waals surface area contributed by atoms with E-state index in [0.29, 0.717) is 22.7 Å².